The Morgan fingerprint density at radius 1 is 1.30 bits per heavy atom. The van der Waals surface area contributed by atoms with Gasteiger partial charge in [-0.15, -0.1) is 0 Å². The highest BCUT2D eigenvalue weighted by Gasteiger charge is 2.19. The van der Waals surface area contributed by atoms with E-state index in [9.17, 15) is 0 Å². The molecule has 0 spiro atoms. The van der Waals surface area contributed by atoms with Gasteiger partial charge in [0.15, 0.2) is 0 Å². The molecule has 0 aliphatic carbocycles. The van der Waals surface area contributed by atoms with Crippen LogP contribution in [0.15, 0.2) is 18.2 Å². The highest BCUT2D eigenvalue weighted by Crippen LogP contribution is 2.30. The molecule has 1 aromatic carbocycles. The Kier molecular flexibility index (Phi) is 5.53. The van der Waals surface area contributed by atoms with Crippen LogP contribution in [0.3, 0.4) is 0 Å². The molecule has 3 N–H and O–H groups in total. The summed E-state index contributed by atoms with van der Waals surface area (Å²) in [4.78, 5) is 2.54. The smallest absolute Gasteiger partial charge is 0.144 e. The third-order valence-corrected chi connectivity index (χ3v) is 3.85. The topological polar surface area (TPSA) is 50.5 Å². The molecular weight excluding hydrogens is 250 g/mol. The van der Waals surface area contributed by atoms with Gasteiger partial charge in [0, 0.05) is 19.1 Å². The van der Waals surface area contributed by atoms with Crippen molar-refractivity contribution in [3.63, 3.8) is 0 Å². The summed E-state index contributed by atoms with van der Waals surface area (Å²) in [5.74, 6) is 0.779. The van der Waals surface area contributed by atoms with Crippen LogP contribution in [0.25, 0.3) is 0 Å². The third kappa shape index (κ3) is 3.79. The number of nitrogens with two attached hydrogens (primary N) is 1. The summed E-state index contributed by atoms with van der Waals surface area (Å²) in [5, 5.41) is 3.58. The maximum absolute atomic E-state index is 6.16. The molecule has 0 saturated carbocycles. The Labute approximate surface area is 122 Å². The number of nitrogens with one attached hydrogen (secondary N) is 1. The van der Waals surface area contributed by atoms with E-state index in [-0.39, 0.29) is 0 Å². The first-order valence-corrected chi connectivity index (χ1v) is 7.74. The number of ether oxygens (including phenoxy) is 1. The number of nitrogen functional groups attached to an aromatic ring is 1. The predicted molar refractivity (Wildman–Crippen MR) is 85.4 cm³/mol. The van der Waals surface area contributed by atoms with Crippen molar-refractivity contribution in [3.8, 4) is 5.75 Å². The molecule has 0 radical (unpaired) electrons. The fourth-order valence-electron chi connectivity index (χ4n) is 2.79. The van der Waals surface area contributed by atoms with E-state index in [1.165, 1.54) is 38.9 Å². The third-order valence-electron chi connectivity index (χ3n) is 3.85. The van der Waals surface area contributed by atoms with Crippen molar-refractivity contribution in [3.05, 3.63) is 18.2 Å². The summed E-state index contributed by atoms with van der Waals surface area (Å²) in [6.45, 7) is 8.43. The molecule has 1 fully saturated rings. The van der Waals surface area contributed by atoms with Crippen molar-refractivity contribution in [1.82, 2.24) is 4.90 Å². The average Bonchev–Trinajstić information content (AvgIpc) is 2.46. The van der Waals surface area contributed by atoms with Crippen LogP contribution in [0.5, 0.6) is 5.75 Å². The summed E-state index contributed by atoms with van der Waals surface area (Å²) < 4.78 is 5.54. The Balaban J connectivity index is 1.92. The fraction of sp³-hybridized carbons (Fsp3) is 0.625. The molecule has 1 heterocycles. The maximum Gasteiger partial charge on any atom is 0.144 e. The number of rotatable bonds is 6. The second-order valence-corrected chi connectivity index (χ2v) is 5.41. The summed E-state index contributed by atoms with van der Waals surface area (Å²) >= 11 is 0. The zero-order valence-electron chi connectivity index (χ0n) is 12.7. The predicted octanol–water partition coefficient (Wildman–Crippen LogP) is 2.95. The molecule has 0 aromatic heterocycles. The number of likely N-dealkylation sites (tertiary alicyclic amines) is 1. The summed E-state index contributed by atoms with van der Waals surface area (Å²) in [6, 6.07) is 6.47. The number of hydrogen-bond donors (Lipinski definition) is 2. The molecule has 0 unspecified atom stereocenters. The first-order valence-electron chi connectivity index (χ1n) is 7.74. The molecule has 1 aliphatic rings. The van der Waals surface area contributed by atoms with Crippen molar-refractivity contribution in [2.75, 3.05) is 37.3 Å². The second kappa shape index (κ2) is 7.39. The monoisotopic (exact) mass is 277 g/mol. The standard InChI is InChI=1S/C16H27N3O/c1-3-10-19-11-8-13(9-12-19)18-14-6-5-7-15(16(14)17)20-4-2/h5-7,13,18H,3-4,8-12,17H2,1-2H3. The van der Waals surface area contributed by atoms with E-state index in [4.69, 9.17) is 10.5 Å². The lowest BCUT2D eigenvalue weighted by Crippen LogP contribution is -2.39. The lowest BCUT2D eigenvalue weighted by molar-refractivity contribution is 0.219. The van der Waals surface area contributed by atoms with Crippen LogP contribution in [0.1, 0.15) is 33.1 Å². The van der Waals surface area contributed by atoms with E-state index in [0.717, 1.165) is 17.1 Å². The van der Waals surface area contributed by atoms with Gasteiger partial charge in [-0.05, 0) is 44.9 Å². The zero-order valence-corrected chi connectivity index (χ0v) is 12.7. The molecule has 4 heteroatoms. The van der Waals surface area contributed by atoms with E-state index in [1.54, 1.807) is 0 Å². The molecule has 0 atom stereocenters. The molecular formula is C16H27N3O. The van der Waals surface area contributed by atoms with Gasteiger partial charge in [0.05, 0.1) is 18.0 Å². The number of hydrogen-bond acceptors (Lipinski definition) is 4. The van der Waals surface area contributed by atoms with Crippen LogP contribution in [-0.4, -0.2) is 37.2 Å². The van der Waals surface area contributed by atoms with Crippen LogP contribution < -0.4 is 15.8 Å². The van der Waals surface area contributed by atoms with Gasteiger partial charge in [-0.3, -0.25) is 0 Å². The van der Waals surface area contributed by atoms with Crippen LogP contribution in [0.2, 0.25) is 0 Å². The minimum atomic E-state index is 0.516. The maximum atomic E-state index is 6.16. The van der Waals surface area contributed by atoms with Gasteiger partial charge in [-0.2, -0.15) is 0 Å². The quantitative estimate of drug-likeness (QED) is 0.785. The van der Waals surface area contributed by atoms with Crippen molar-refractivity contribution in [2.45, 2.75) is 39.2 Å². The largest absolute Gasteiger partial charge is 0.492 e. The Morgan fingerprint density at radius 3 is 2.70 bits per heavy atom. The number of para-hydroxylation sites is 1. The highest BCUT2D eigenvalue weighted by molar-refractivity contribution is 5.73. The molecule has 1 aliphatic heterocycles. The van der Waals surface area contributed by atoms with E-state index in [2.05, 4.69) is 17.1 Å². The van der Waals surface area contributed by atoms with Crippen molar-refractivity contribution in [1.29, 1.82) is 0 Å². The van der Waals surface area contributed by atoms with E-state index >= 15 is 0 Å². The first kappa shape index (κ1) is 15.0. The van der Waals surface area contributed by atoms with E-state index in [1.807, 2.05) is 25.1 Å². The molecule has 0 amide bonds. The van der Waals surface area contributed by atoms with Crippen LogP contribution >= 0.6 is 0 Å². The fourth-order valence-corrected chi connectivity index (χ4v) is 2.79. The number of anilines is 2. The van der Waals surface area contributed by atoms with Gasteiger partial charge in [0.25, 0.3) is 0 Å². The molecule has 2 rings (SSSR count). The normalized spacial score (nSPS) is 17.1. The Hall–Kier alpha value is -1.42. The van der Waals surface area contributed by atoms with E-state index < -0.39 is 0 Å². The molecule has 112 valence electrons. The minimum Gasteiger partial charge on any atom is -0.492 e. The zero-order chi connectivity index (χ0) is 14.4. The van der Waals surface area contributed by atoms with Crippen molar-refractivity contribution in [2.24, 2.45) is 0 Å². The molecule has 1 saturated heterocycles. The Bertz CT molecular complexity index is 414. The summed E-state index contributed by atoms with van der Waals surface area (Å²) in [7, 11) is 0. The first-order chi connectivity index (χ1) is 9.74. The molecule has 4 nitrogen and oxygen atoms in total. The van der Waals surface area contributed by atoms with Gasteiger partial charge in [0.1, 0.15) is 5.75 Å². The van der Waals surface area contributed by atoms with Gasteiger partial charge in [-0.1, -0.05) is 13.0 Å². The SMILES string of the molecule is CCCN1CCC(Nc2cccc(OCC)c2N)CC1. The lowest BCUT2D eigenvalue weighted by atomic mass is 10.0. The molecule has 20 heavy (non-hydrogen) atoms. The second-order valence-electron chi connectivity index (χ2n) is 5.41. The number of nitrogens with zero attached hydrogens (tertiary/aromatic N) is 1. The van der Waals surface area contributed by atoms with Crippen LogP contribution in [0.4, 0.5) is 11.4 Å². The number of piperidine rings is 1. The van der Waals surface area contributed by atoms with Crippen molar-refractivity contribution >= 4 is 11.4 Å². The van der Waals surface area contributed by atoms with Crippen LogP contribution in [-0.2, 0) is 0 Å². The lowest BCUT2D eigenvalue weighted by Gasteiger charge is -2.33. The Morgan fingerprint density at radius 2 is 2.05 bits per heavy atom. The molecule has 0 bridgehead atoms. The van der Waals surface area contributed by atoms with Crippen LogP contribution in [0, 0.1) is 0 Å². The summed E-state index contributed by atoms with van der Waals surface area (Å²) in [5.41, 5.74) is 7.90. The summed E-state index contributed by atoms with van der Waals surface area (Å²) in [6.07, 6.45) is 3.60. The minimum absolute atomic E-state index is 0.516. The van der Waals surface area contributed by atoms with Gasteiger partial charge in [0.2, 0.25) is 0 Å². The van der Waals surface area contributed by atoms with Gasteiger partial charge in [-0.25, -0.2) is 0 Å². The highest BCUT2D eigenvalue weighted by atomic mass is 16.5. The van der Waals surface area contributed by atoms with Gasteiger partial charge < -0.3 is 20.7 Å². The molecule has 1 aromatic rings. The van der Waals surface area contributed by atoms with Gasteiger partial charge >= 0.3 is 0 Å². The number of benzene rings is 1. The average molecular weight is 277 g/mol. The van der Waals surface area contributed by atoms with Crippen molar-refractivity contribution < 1.29 is 4.74 Å². The van der Waals surface area contributed by atoms with E-state index in [0.29, 0.717) is 12.6 Å².